The summed E-state index contributed by atoms with van der Waals surface area (Å²) in [5, 5.41) is 10.3. The molecule has 0 radical (unpaired) electrons. The molecular weight excluding hydrogens is 314 g/mol. The molecule has 1 amide bonds. The normalized spacial score (nSPS) is 10.5. The van der Waals surface area contributed by atoms with Gasteiger partial charge in [0.15, 0.2) is 0 Å². The number of aryl methyl sites for hydroxylation is 3. The van der Waals surface area contributed by atoms with E-state index < -0.39 is 0 Å². The Kier molecular flexibility index (Phi) is 5.14. The van der Waals surface area contributed by atoms with E-state index in [1.54, 1.807) is 19.2 Å². The van der Waals surface area contributed by atoms with Gasteiger partial charge in [-0.2, -0.15) is 5.10 Å². The molecule has 0 aliphatic heterocycles. The van der Waals surface area contributed by atoms with Crippen LogP contribution < -0.4 is 10.1 Å². The molecule has 0 unspecified atom stereocenters. The molecule has 5 nitrogen and oxygen atoms in total. The van der Waals surface area contributed by atoms with Crippen LogP contribution in [0.2, 0.25) is 0 Å². The molecule has 0 saturated carbocycles. The first-order valence-electron chi connectivity index (χ1n) is 8.20. The predicted octanol–water partition coefficient (Wildman–Crippen LogP) is 3.76. The van der Waals surface area contributed by atoms with E-state index in [0.29, 0.717) is 5.56 Å². The maximum atomic E-state index is 12.4. The molecule has 3 rings (SSSR count). The molecule has 1 aromatic heterocycles. The summed E-state index contributed by atoms with van der Waals surface area (Å²) in [5.41, 5.74) is 4.31. The highest BCUT2D eigenvalue weighted by molar-refractivity contribution is 6.04. The summed E-state index contributed by atoms with van der Waals surface area (Å²) < 4.78 is 5.18. The highest BCUT2D eigenvalue weighted by Gasteiger charge is 2.14. The minimum Gasteiger partial charge on any atom is -0.497 e. The Bertz CT molecular complexity index is 839. The van der Waals surface area contributed by atoms with Crippen LogP contribution in [0.25, 0.3) is 0 Å². The lowest BCUT2D eigenvalue weighted by Crippen LogP contribution is -2.13. The van der Waals surface area contributed by atoms with E-state index in [0.717, 1.165) is 35.7 Å². The zero-order valence-electron chi connectivity index (χ0n) is 14.4. The third-order valence-corrected chi connectivity index (χ3v) is 4.11. The van der Waals surface area contributed by atoms with Crippen LogP contribution in [0.5, 0.6) is 5.75 Å². The molecule has 3 aromatic rings. The fourth-order valence-corrected chi connectivity index (χ4v) is 2.66. The van der Waals surface area contributed by atoms with E-state index >= 15 is 0 Å². The zero-order chi connectivity index (χ0) is 17.6. The summed E-state index contributed by atoms with van der Waals surface area (Å²) in [6.45, 7) is 1.91. The van der Waals surface area contributed by atoms with Gasteiger partial charge in [-0.3, -0.25) is 9.89 Å². The van der Waals surface area contributed by atoms with E-state index in [1.165, 1.54) is 5.56 Å². The predicted molar refractivity (Wildman–Crippen MR) is 98.1 cm³/mol. The molecule has 0 aliphatic carbocycles. The third kappa shape index (κ3) is 4.07. The van der Waals surface area contributed by atoms with E-state index in [9.17, 15) is 4.79 Å². The second-order valence-corrected chi connectivity index (χ2v) is 5.84. The minimum absolute atomic E-state index is 0.129. The Balaban J connectivity index is 1.69. The molecule has 0 bridgehead atoms. The van der Waals surface area contributed by atoms with E-state index in [1.807, 2.05) is 49.4 Å². The van der Waals surface area contributed by atoms with Crippen LogP contribution >= 0.6 is 0 Å². The summed E-state index contributed by atoms with van der Waals surface area (Å²) in [5.74, 6) is 0.714. The molecule has 0 aliphatic rings. The fourth-order valence-electron chi connectivity index (χ4n) is 2.66. The highest BCUT2D eigenvalue weighted by atomic mass is 16.5. The van der Waals surface area contributed by atoms with Gasteiger partial charge in [-0.1, -0.05) is 30.3 Å². The standard InChI is InChI=1S/C20H21N3O2/c1-14-19(21-20(24)16-6-4-3-5-7-16)18(23-22-14)13-10-15-8-11-17(25-2)12-9-15/h3-9,11-12H,10,13H2,1-2H3,(H,21,24)(H,22,23). The van der Waals surface area contributed by atoms with Crippen molar-refractivity contribution in [3.8, 4) is 5.75 Å². The average molecular weight is 335 g/mol. The van der Waals surface area contributed by atoms with Crippen LogP contribution in [0.15, 0.2) is 54.6 Å². The Morgan fingerprint density at radius 2 is 1.80 bits per heavy atom. The summed E-state index contributed by atoms with van der Waals surface area (Å²) >= 11 is 0. The average Bonchev–Trinajstić information content (AvgIpc) is 3.01. The van der Waals surface area contributed by atoms with Gasteiger partial charge in [0.05, 0.1) is 24.2 Å². The largest absolute Gasteiger partial charge is 0.497 e. The second kappa shape index (κ2) is 7.66. The van der Waals surface area contributed by atoms with Crippen molar-refractivity contribution in [2.45, 2.75) is 19.8 Å². The van der Waals surface area contributed by atoms with Gasteiger partial charge in [0, 0.05) is 5.56 Å². The van der Waals surface area contributed by atoms with Crippen LogP contribution in [-0.2, 0) is 12.8 Å². The topological polar surface area (TPSA) is 67.0 Å². The van der Waals surface area contributed by atoms with Crippen LogP contribution in [-0.4, -0.2) is 23.2 Å². The molecule has 2 aromatic carbocycles. The molecule has 0 saturated heterocycles. The second-order valence-electron chi connectivity index (χ2n) is 5.84. The van der Waals surface area contributed by atoms with Crippen LogP contribution in [0.1, 0.15) is 27.3 Å². The first kappa shape index (κ1) is 16.8. The van der Waals surface area contributed by atoms with Crippen molar-refractivity contribution in [1.82, 2.24) is 10.2 Å². The van der Waals surface area contributed by atoms with Gasteiger partial charge >= 0.3 is 0 Å². The van der Waals surface area contributed by atoms with Gasteiger partial charge < -0.3 is 10.1 Å². The van der Waals surface area contributed by atoms with Gasteiger partial charge in [0.2, 0.25) is 0 Å². The number of nitrogens with zero attached hydrogens (tertiary/aromatic N) is 1. The molecule has 0 spiro atoms. The first-order chi connectivity index (χ1) is 12.2. The van der Waals surface area contributed by atoms with Crippen molar-refractivity contribution in [2.24, 2.45) is 0 Å². The van der Waals surface area contributed by atoms with Gasteiger partial charge in [0.1, 0.15) is 5.75 Å². The van der Waals surface area contributed by atoms with E-state index in [-0.39, 0.29) is 5.91 Å². The molecular formula is C20H21N3O2. The number of anilines is 1. The number of carbonyl (C=O) groups excluding carboxylic acids is 1. The molecule has 5 heteroatoms. The number of carbonyl (C=O) groups is 1. The number of methoxy groups -OCH3 is 1. The number of nitrogens with one attached hydrogen (secondary N) is 2. The number of rotatable bonds is 6. The van der Waals surface area contributed by atoms with Crippen LogP contribution in [0.3, 0.4) is 0 Å². The summed E-state index contributed by atoms with van der Waals surface area (Å²) in [7, 11) is 1.66. The van der Waals surface area contributed by atoms with E-state index in [4.69, 9.17) is 4.74 Å². The number of aromatic amines is 1. The Labute approximate surface area is 147 Å². The molecule has 2 N–H and O–H groups in total. The number of aromatic nitrogens is 2. The van der Waals surface area contributed by atoms with Crippen molar-refractivity contribution in [1.29, 1.82) is 0 Å². The lowest BCUT2D eigenvalue weighted by Gasteiger charge is -2.07. The fraction of sp³-hybridized carbons (Fsp3) is 0.200. The minimum atomic E-state index is -0.129. The zero-order valence-corrected chi connectivity index (χ0v) is 14.4. The van der Waals surface area contributed by atoms with Gasteiger partial charge in [-0.05, 0) is 49.6 Å². The maximum absolute atomic E-state index is 12.4. The summed E-state index contributed by atoms with van der Waals surface area (Å²) in [4.78, 5) is 12.4. The molecule has 0 atom stereocenters. The maximum Gasteiger partial charge on any atom is 0.255 e. The van der Waals surface area contributed by atoms with Gasteiger partial charge in [-0.15, -0.1) is 0 Å². The van der Waals surface area contributed by atoms with Crippen LogP contribution in [0, 0.1) is 6.92 Å². The molecule has 1 heterocycles. The smallest absolute Gasteiger partial charge is 0.255 e. The number of hydrogen-bond acceptors (Lipinski definition) is 3. The van der Waals surface area contributed by atoms with Gasteiger partial charge in [0.25, 0.3) is 5.91 Å². The number of hydrogen-bond donors (Lipinski definition) is 2. The number of ether oxygens (including phenoxy) is 1. The summed E-state index contributed by atoms with van der Waals surface area (Å²) in [6.07, 6.45) is 1.57. The highest BCUT2D eigenvalue weighted by Crippen LogP contribution is 2.21. The van der Waals surface area contributed by atoms with Crippen molar-refractivity contribution < 1.29 is 9.53 Å². The monoisotopic (exact) mass is 335 g/mol. The quantitative estimate of drug-likeness (QED) is 0.721. The molecule has 128 valence electrons. The van der Waals surface area contributed by atoms with E-state index in [2.05, 4.69) is 15.5 Å². The SMILES string of the molecule is COc1ccc(CCc2n[nH]c(C)c2NC(=O)c2ccccc2)cc1. The van der Waals surface area contributed by atoms with Crippen molar-refractivity contribution in [2.75, 3.05) is 12.4 Å². The molecule has 0 fully saturated rings. The lowest BCUT2D eigenvalue weighted by molar-refractivity contribution is 0.102. The third-order valence-electron chi connectivity index (χ3n) is 4.11. The number of H-pyrrole nitrogens is 1. The Morgan fingerprint density at radius 1 is 1.08 bits per heavy atom. The number of benzene rings is 2. The van der Waals surface area contributed by atoms with Crippen molar-refractivity contribution >= 4 is 11.6 Å². The Hall–Kier alpha value is -3.08. The first-order valence-corrected chi connectivity index (χ1v) is 8.20. The van der Waals surface area contributed by atoms with Crippen molar-refractivity contribution in [3.63, 3.8) is 0 Å². The Morgan fingerprint density at radius 3 is 2.48 bits per heavy atom. The van der Waals surface area contributed by atoms with Gasteiger partial charge in [-0.25, -0.2) is 0 Å². The van der Waals surface area contributed by atoms with Crippen LogP contribution in [0.4, 0.5) is 5.69 Å². The lowest BCUT2D eigenvalue weighted by atomic mass is 10.1. The summed E-state index contributed by atoms with van der Waals surface area (Å²) in [6, 6.07) is 17.2. The molecule has 25 heavy (non-hydrogen) atoms. The number of amides is 1. The van der Waals surface area contributed by atoms with Crippen molar-refractivity contribution in [3.05, 3.63) is 77.1 Å².